The molecule has 0 saturated heterocycles. The third-order valence-electron chi connectivity index (χ3n) is 3.39. The molecule has 1 rings (SSSR count). The Morgan fingerprint density at radius 1 is 1.44 bits per heavy atom. The topological polar surface area (TPSA) is 34.1 Å². The molecule has 0 aliphatic heterocycles. The number of hydrogen-bond donors (Lipinski definition) is 1. The Balaban J connectivity index is 2.58. The predicted molar refractivity (Wildman–Crippen MR) is 75.8 cm³/mol. The van der Waals surface area contributed by atoms with Crippen LogP contribution in [-0.2, 0) is 4.74 Å². The van der Waals surface area contributed by atoms with Gasteiger partial charge < -0.3 is 10.1 Å². The highest BCUT2D eigenvalue weighted by molar-refractivity contribution is 5.16. The van der Waals surface area contributed by atoms with Crippen LogP contribution in [0.1, 0.15) is 38.2 Å². The van der Waals surface area contributed by atoms with Crippen LogP contribution in [0.2, 0.25) is 0 Å². The minimum atomic E-state index is 0.538. The van der Waals surface area contributed by atoms with Crippen molar-refractivity contribution in [2.24, 2.45) is 5.92 Å². The molecule has 2 atom stereocenters. The lowest BCUT2D eigenvalue weighted by molar-refractivity contribution is 0.198. The molecule has 0 aliphatic carbocycles. The molecule has 102 valence electrons. The average molecular weight is 250 g/mol. The lowest BCUT2D eigenvalue weighted by atomic mass is 9.85. The van der Waals surface area contributed by atoms with Gasteiger partial charge in [0, 0.05) is 38.5 Å². The van der Waals surface area contributed by atoms with E-state index in [1.54, 1.807) is 7.11 Å². The third-order valence-corrected chi connectivity index (χ3v) is 3.39. The molecular formula is C15H26N2O. The van der Waals surface area contributed by atoms with Gasteiger partial charge in [-0.3, -0.25) is 4.98 Å². The Morgan fingerprint density at radius 2 is 2.28 bits per heavy atom. The van der Waals surface area contributed by atoms with Crippen molar-refractivity contribution in [3.05, 3.63) is 30.1 Å². The first kappa shape index (κ1) is 15.1. The van der Waals surface area contributed by atoms with E-state index >= 15 is 0 Å². The molecule has 0 amide bonds. The summed E-state index contributed by atoms with van der Waals surface area (Å²) in [6.07, 6.45) is 6.32. The second-order valence-electron chi connectivity index (χ2n) is 4.86. The highest BCUT2D eigenvalue weighted by atomic mass is 16.5. The van der Waals surface area contributed by atoms with Gasteiger partial charge in [-0.25, -0.2) is 0 Å². The molecule has 2 unspecified atom stereocenters. The number of rotatable bonds is 9. The third kappa shape index (κ3) is 5.15. The number of methoxy groups -OCH3 is 1. The summed E-state index contributed by atoms with van der Waals surface area (Å²) >= 11 is 0. The van der Waals surface area contributed by atoms with Crippen molar-refractivity contribution in [3.63, 3.8) is 0 Å². The molecule has 0 aromatic carbocycles. The molecule has 18 heavy (non-hydrogen) atoms. The van der Waals surface area contributed by atoms with Gasteiger partial charge in [0.05, 0.1) is 6.61 Å². The molecule has 1 heterocycles. The van der Waals surface area contributed by atoms with Crippen molar-refractivity contribution in [1.29, 1.82) is 0 Å². The predicted octanol–water partition coefficient (Wildman–Crippen LogP) is 2.84. The zero-order chi connectivity index (χ0) is 13.2. The minimum Gasteiger partial charge on any atom is -0.383 e. The fourth-order valence-electron chi connectivity index (χ4n) is 2.33. The van der Waals surface area contributed by atoms with Gasteiger partial charge in [0.2, 0.25) is 0 Å². The minimum absolute atomic E-state index is 0.538. The second kappa shape index (κ2) is 9.06. The Bertz CT molecular complexity index is 303. The number of hydrogen-bond acceptors (Lipinski definition) is 3. The van der Waals surface area contributed by atoms with Gasteiger partial charge in [0.15, 0.2) is 0 Å². The van der Waals surface area contributed by atoms with E-state index in [1.165, 1.54) is 18.4 Å². The maximum Gasteiger partial charge on any atom is 0.0587 e. The number of aromatic nitrogens is 1. The first-order valence-electron chi connectivity index (χ1n) is 6.89. The van der Waals surface area contributed by atoms with Crippen LogP contribution in [0.4, 0.5) is 0 Å². The van der Waals surface area contributed by atoms with Gasteiger partial charge in [-0.2, -0.15) is 0 Å². The smallest absolute Gasteiger partial charge is 0.0587 e. The van der Waals surface area contributed by atoms with Crippen molar-refractivity contribution in [1.82, 2.24) is 10.3 Å². The Hall–Kier alpha value is -0.930. The number of ether oxygens (including phenoxy) is 1. The summed E-state index contributed by atoms with van der Waals surface area (Å²) in [5.41, 5.74) is 1.34. The zero-order valence-electron chi connectivity index (χ0n) is 11.9. The Morgan fingerprint density at radius 3 is 2.89 bits per heavy atom. The zero-order valence-corrected chi connectivity index (χ0v) is 11.9. The van der Waals surface area contributed by atoms with Crippen molar-refractivity contribution in [2.75, 3.05) is 26.8 Å². The Labute approximate surface area is 111 Å². The molecule has 0 bridgehead atoms. The van der Waals surface area contributed by atoms with Crippen LogP contribution in [0, 0.1) is 5.92 Å². The molecule has 1 aromatic heterocycles. The van der Waals surface area contributed by atoms with Crippen molar-refractivity contribution >= 4 is 0 Å². The molecule has 0 radical (unpaired) electrons. The van der Waals surface area contributed by atoms with Gasteiger partial charge in [-0.1, -0.05) is 32.8 Å². The van der Waals surface area contributed by atoms with Gasteiger partial charge >= 0.3 is 0 Å². The van der Waals surface area contributed by atoms with Gasteiger partial charge in [0.25, 0.3) is 0 Å². The number of nitrogens with zero attached hydrogens (tertiary/aromatic N) is 1. The lowest BCUT2D eigenvalue weighted by Crippen LogP contribution is -2.28. The summed E-state index contributed by atoms with van der Waals surface area (Å²) in [7, 11) is 1.74. The van der Waals surface area contributed by atoms with E-state index in [9.17, 15) is 0 Å². The summed E-state index contributed by atoms with van der Waals surface area (Å²) in [6.45, 7) is 7.25. The van der Waals surface area contributed by atoms with E-state index in [2.05, 4.69) is 30.2 Å². The van der Waals surface area contributed by atoms with Crippen LogP contribution in [-0.4, -0.2) is 31.8 Å². The summed E-state index contributed by atoms with van der Waals surface area (Å²) in [6, 6.07) is 4.21. The Kier molecular flexibility index (Phi) is 7.62. The number of pyridine rings is 1. The lowest BCUT2D eigenvalue weighted by Gasteiger charge is -2.24. The van der Waals surface area contributed by atoms with E-state index in [0.717, 1.165) is 19.7 Å². The fraction of sp³-hybridized carbons (Fsp3) is 0.667. The van der Waals surface area contributed by atoms with Crippen molar-refractivity contribution in [3.8, 4) is 0 Å². The average Bonchev–Trinajstić information content (AvgIpc) is 2.40. The quantitative estimate of drug-likeness (QED) is 0.684. The molecule has 3 heteroatoms. The molecule has 1 N–H and O–H groups in total. The van der Waals surface area contributed by atoms with Crippen LogP contribution >= 0.6 is 0 Å². The molecular weight excluding hydrogens is 224 g/mol. The van der Waals surface area contributed by atoms with E-state index < -0.39 is 0 Å². The van der Waals surface area contributed by atoms with Gasteiger partial charge in [-0.05, 0) is 17.5 Å². The van der Waals surface area contributed by atoms with E-state index in [1.807, 2.05) is 18.5 Å². The molecule has 1 aromatic rings. The second-order valence-corrected chi connectivity index (χ2v) is 4.86. The van der Waals surface area contributed by atoms with Crippen LogP contribution < -0.4 is 5.32 Å². The number of nitrogens with one attached hydrogen (secondary N) is 1. The maximum absolute atomic E-state index is 5.06. The maximum atomic E-state index is 5.06. The first-order valence-corrected chi connectivity index (χ1v) is 6.89. The summed E-state index contributed by atoms with van der Waals surface area (Å²) in [5, 5.41) is 3.47. The molecule has 3 nitrogen and oxygen atoms in total. The van der Waals surface area contributed by atoms with E-state index in [-0.39, 0.29) is 0 Å². The monoisotopic (exact) mass is 250 g/mol. The van der Waals surface area contributed by atoms with E-state index in [0.29, 0.717) is 11.8 Å². The standard InChI is InChI=1S/C15H26N2O/c1-4-6-13(2)15(12-17-9-10-18-3)14-7-5-8-16-11-14/h5,7-8,11,13,15,17H,4,6,9-10,12H2,1-3H3. The van der Waals surface area contributed by atoms with Crippen LogP contribution in [0.5, 0.6) is 0 Å². The summed E-state index contributed by atoms with van der Waals surface area (Å²) in [5.74, 6) is 1.21. The van der Waals surface area contributed by atoms with Crippen LogP contribution in [0.25, 0.3) is 0 Å². The fourth-order valence-corrected chi connectivity index (χ4v) is 2.33. The van der Waals surface area contributed by atoms with Crippen molar-refractivity contribution < 1.29 is 4.74 Å². The normalized spacial score (nSPS) is 14.4. The largest absolute Gasteiger partial charge is 0.383 e. The van der Waals surface area contributed by atoms with Gasteiger partial charge in [0.1, 0.15) is 0 Å². The van der Waals surface area contributed by atoms with Crippen LogP contribution in [0.15, 0.2) is 24.5 Å². The van der Waals surface area contributed by atoms with Crippen molar-refractivity contribution in [2.45, 2.75) is 32.6 Å². The molecule has 0 saturated carbocycles. The van der Waals surface area contributed by atoms with Gasteiger partial charge in [-0.15, -0.1) is 0 Å². The first-order chi connectivity index (χ1) is 8.79. The van der Waals surface area contributed by atoms with Crippen LogP contribution in [0.3, 0.4) is 0 Å². The highest BCUT2D eigenvalue weighted by Gasteiger charge is 2.18. The summed E-state index contributed by atoms with van der Waals surface area (Å²) in [4.78, 5) is 4.24. The molecule has 0 fully saturated rings. The molecule has 0 spiro atoms. The van der Waals surface area contributed by atoms with E-state index in [4.69, 9.17) is 4.74 Å². The SMILES string of the molecule is CCCC(C)C(CNCCOC)c1cccnc1. The molecule has 0 aliphatic rings. The summed E-state index contributed by atoms with van der Waals surface area (Å²) < 4.78 is 5.06. The highest BCUT2D eigenvalue weighted by Crippen LogP contribution is 2.26.